The van der Waals surface area contributed by atoms with E-state index >= 15 is 0 Å². The van der Waals surface area contributed by atoms with Gasteiger partial charge in [-0.3, -0.25) is 9.59 Å². The zero-order chi connectivity index (χ0) is 16.1. The minimum atomic E-state index is -1.36. The van der Waals surface area contributed by atoms with Gasteiger partial charge in [-0.25, -0.2) is 4.98 Å². The van der Waals surface area contributed by atoms with Gasteiger partial charge in [-0.1, -0.05) is 13.0 Å². The zero-order valence-corrected chi connectivity index (χ0v) is 12.8. The van der Waals surface area contributed by atoms with Gasteiger partial charge in [0.1, 0.15) is 0 Å². The average molecular weight is 305 g/mol. The maximum atomic E-state index is 12.9. The molecule has 1 aromatic rings. The molecule has 3 rings (SSSR count). The minimum Gasteiger partial charge on any atom is -0.481 e. The van der Waals surface area contributed by atoms with E-state index < -0.39 is 23.4 Å². The maximum absolute atomic E-state index is 12.9. The van der Waals surface area contributed by atoms with Gasteiger partial charge in [0.2, 0.25) is 5.88 Å². The smallest absolute Gasteiger partial charge is 0.323 e. The van der Waals surface area contributed by atoms with E-state index in [1.54, 1.807) is 12.1 Å². The van der Waals surface area contributed by atoms with Gasteiger partial charge in [0.15, 0.2) is 11.2 Å². The van der Waals surface area contributed by atoms with E-state index in [-0.39, 0.29) is 18.1 Å². The van der Waals surface area contributed by atoms with Crippen molar-refractivity contribution in [2.24, 2.45) is 11.8 Å². The van der Waals surface area contributed by atoms with Crippen molar-refractivity contribution in [2.75, 3.05) is 14.2 Å². The van der Waals surface area contributed by atoms with E-state index in [2.05, 4.69) is 4.98 Å². The van der Waals surface area contributed by atoms with E-state index in [0.29, 0.717) is 23.6 Å². The molecule has 6 heteroatoms. The zero-order valence-electron chi connectivity index (χ0n) is 12.8. The van der Waals surface area contributed by atoms with Crippen LogP contribution in [0.4, 0.5) is 0 Å². The van der Waals surface area contributed by atoms with Gasteiger partial charge >= 0.3 is 5.97 Å². The summed E-state index contributed by atoms with van der Waals surface area (Å²) >= 11 is 0. The molecule has 22 heavy (non-hydrogen) atoms. The van der Waals surface area contributed by atoms with E-state index in [4.69, 9.17) is 9.47 Å². The lowest BCUT2D eigenvalue weighted by atomic mass is 9.56. The first-order valence-corrected chi connectivity index (χ1v) is 7.31. The molecule has 1 saturated carbocycles. The number of methoxy groups -OCH3 is 2. The van der Waals surface area contributed by atoms with Crippen LogP contribution in [0.5, 0.6) is 5.88 Å². The summed E-state index contributed by atoms with van der Waals surface area (Å²) in [4.78, 5) is 29.8. The molecular weight excluding hydrogens is 286 g/mol. The summed E-state index contributed by atoms with van der Waals surface area (Å²) in [5.74, 6) is -1.21. The highest BCUT2D eigenvalue weighted by Crippen LogP contribution is 2.48. The van der Waals surface area contributed by atoms with E-state index in [0.717, 1.165) is 0 Å². The second-order valence-corrected chi connectivity index (χ2v) is 6.09. The minimum absolute atomic E-state index is 0.169. The number of aromatic nitrogens is 1. The van der Waals surface area contributed by atoms with Crippen LogP contribution < -0.4 is 4.74 Å². The molecule has 4 atom stereocenters. The number of rotatable bonds is 2. The number of ketones is 1. The van der Waals surface area contributed by atoms with Crippen LogP contribution in [-0.2, 0) is 26.2 Å². The van der Waals surface area contributed by atoms with Gasteiger partial charge in [-0.15, -0.1) is 0 Å². The molecule has 0 aliphatic heterocycles. The summed E-state index contributed by atoms with van der Waals surface area (Å²) in [5, 5.41) is 10.3. The summed E-state index contributed by atoms with van der Waals surface area (Å²) in [6.45, 7) is 1.85. The van der Waals surface area contributed by atoms with Crippen molar-refractivity contribution in [1.82, 2.24) is 4.98 Å². The van der Waals surface area contributed by atoms with Crippen LogP contribution in [0.3, 0.4) is 0 Å². The van der Waals surface area contributed by atoms with Gasteiger partial charge in [0.25, 0.3) is 0 Å². The molecule has 118 valence electrons. The predicted molar refractivity (Wildman–Crippen MR) is 76.5 cm³/mol. The quantitative estimate of drug-likeness (QED) is 0.637. The van der Waals surface area contributed by atoms with E-state index in [9.17, 15) is 14.7 Å². The van der Waals surface area contributed by atoms with Crippen LogP contribution in [0.1, 0.15) is 24.6 Å². The predicted octanol–water partition coefficient (Wildman–Crippen LogP) is 0.643. The molecule has 2 aliphatic carbocycles. The highest BCUT2D eigenvalue weighted by molar-refractivity contribution is 6.12. The van der Waals surface area contributed by atoms with Crippen molar-refractivity contribution in [3.63, 3.8) is 0 Å². The Balaban J connectivity index is 2.24. The summed E-state index contributed by atoms with van der Waals surface area (Å²) in [6.07, 6.45) is -0.223. The van der Waals surface area contributed by atoms with Crippen LogP contribution >= 0.6 is 0 Å². The summed E-state index contributed by atoms with van der Waals surface area (Å²) < 4.78 is 10.1. The highest BCUT2D eigenvalue weighted by Gasteiger charge is 2.61. The van der Waals surface area contributed by atoms with Crippen LogP contribution in [0.2, 0.25) is 0 Å². The van der Waals surface area contributed by atoms with Crippen LogP contribution in [0.15, 0.2) is 12.1 Å². The van der Waals surface area contributed by atoms with Gasteiger partial charge < -0.3 is 14.6 Å². The Hall–Kier alpha value is -1.95. The number of carbonyl (C=O) groups is 2. The van der Waals surface area contributed by atoms with Crippen molar-refractivity contribution in [1.29, 1.82) is 0 Å². The second kappa shape index (κ2) is 5.05. The SMILES string of the molecule is COC(=O)[C@]12CC(C)C(O)[C@H](Cc3nc(OC)ccc31)C2=O. The number of hydrogen-bond acceptors (Lipinski definition) is 6. The van der Waals surface area contributed by atoms with E-state index in [1.165, 1.54) is 14.2 Å². The summed E-state index contributed by atoms with van der Waals surface area (Å²) in [6, 6.07) is 3.36. The number of aliphatic hydroxyl groups excluding tert-OH is 1. The number of pyridine rings is 1. The summed E-state index contributed by atoms with van der Waals surface area (Å²) in [7, 11) is 2.79. The fourth-order valence-corrected chi connectivity index (χ4v) is 3.84. The first kappa shape index (κ1) is 15.0. The molecule has 1 N–H and O–H groups in total. The lowest BCUT2D eigenvalue weighted by molar-refractivity contribution is -0.161. The molecule has 0 spiro atoms. The number of ether oxygens (including phenoxy) is 2. The number of nitrogens with zero attached hydrogens (tertiary/aromatic N) is 1. The van der Waals surface area contributed by atoms with Gasteiger partial charge in [-0.05, 0) is 17.9 Å². The van der Waals surface area contributed by atoms with Crippen molar-refractivity contribution in [2.45, 2.75) is 31.3 Å². The van der Waals surface area contributed by atoms with Crippen LogP contribution in [-0.4, -0.2) is 42.2 Å². The van der Waals surface area contributed by atoms with Crippen molar-refractivity contribution < 1.29 is 24.2 Å². The van der Waals surface area contributed by atoms with Crippen LogP contribution in [0, 0.1) is 11.8 Å². The van der Waals surface area contributed by atoms with Gasteiger partial charge in [-0.2, -0.15) is 0 Å². The molecule has 1 fully saturated rings. The largest absolute Gasteiger partial charge is 0.481 e. The van der Waals surface area contributed by atoms with Crippen LogP contribution in [0.25, 0.3) is 0 Å². The monoisotopic (exact) mass is 305 g/mol. The number of carbonyl (C=O) groups excluding carboxylic acids is 2. The normalized spacial score (nSPS) is 33.1. The standard InChI is InChI=1S/C16H19NO5/c1-8-7-16(15(20)22-3)10-4-5-12(21-2)17-11(10)6-9(13(8)18)14(16)19/h4-5,8-9,13,18H,6-7H2,1-3H3/t8?,9-,13?,16+/m0/s1. The van der Waals surface area contributed by atoms with Gasteiger partial charge in [0, 0.05) is 12.5 Å². The highest BCUT2D eigenvalue weighted by atomic mass is 16.5. The number of Topliss-reactive ketones (excluding diaryl/α,β-unsaturated/α-hetero) is 1. The molecule has 6 nitrogen and oxygen atoms in total. The Morgan fingerprint density at radius 3 is 2.77 bits per heavy atom. The Bertz CT molecular complexity index is 643. The van der Waals surface area contributed by atoms with Crippen molar-refractivity contribution in [3.8, 4) is 5.88 Å². The average Bonchev–Trinajstić information content (AvgIpc) is 2.53. The molecule has 2 bridgehead atoms. The third kappa shape index (κ3) is 1.80. The molecule has 2 unspecified atom stereocenters. The Morgan fingerprint density at radius 2 is 2.14 bits per heavy atom. The third-order valence-corrected chi connectivity index (χ3v) is 4.95. The second-order valence-electron chi connectivity index (χ2n) is 6.09. The fourth-order valence-electron chi connectivity index (χ4n) is 3.84. The molecule has 0 aromatic carbocycles. The Kier molecular flexibility index (Phi) is 3.44. The molecule has 0 saturated heterocycles. The molecule has 0 radical (unpaired) electrons. The summed E-state index contributed by atoms with van der Waals surface area (Å²) in [5.41, 5.74) is -0.147. The Labute approximate surface area is 128 Å². The topological polar surface area (TPSA) is 85.7 Å². The molecule has 1 aromatic heterocycles. The number of hydrogen-bond donors (Lipinski definition) is 1. The molecular formula is C16H19NO5. The van der Waals surface area contributed by atoms with Gasteiger partial charge in [0.05, 0.1) is 31.9 Å². The number of fused-ring (bicyclic) bond motifs is 4. The lowest BCUT2D eigenvalue weighted by Crippen LogP contribution is -2.60. The Morgan fingerprint density at radius 1 is 1.41 bits per heavy atom. The maximum Gasteiger partial charge on any atom is 0.323 e. The third-order valence-electron chi connectivity index (χ3n) is 4.95. The number of esters is 1. The van der Waals surface area contributed by atoms with Crippen molar-refractivity contribution >= 4 is 11.8 Å². The lowest BCUT2D eigenvalue weighted by Gasteiger charge is -2.46. The van der Waals surface area contributed by atoms with Crippen molar-refractivity contribution in [3.05, 3.63) is 23.4 Å². The molecule has 1 heterocycles. The molecule has 2 aliphatic rings. The number of aliphatic hydroxyl groups is 1. The first-order valence-electron chi connectivity index (χ1n) is 7.31. The van der Waals surface area contributed by atoms with E-state index in [1.807, 2.05) is 6.92 Å². The fraction of sp³-hybridized carbons (Fsp3) is 0.562. The molecule has 0 amide bonds. The first-order chi connectivity index (χ1) is 10.5.